The molecule has 0 aliphatic heterocycles. The van der Waals surface area contributed by atoms with Crippen molar-refractivity contribution in [1.82, 2.24) is 9.97 Å². The topological polar surface area (TPSA) is 31.6 Å². The van der Waals surface area contributed by atoms with E-state index in [1.54, 1.807) is 0 Å². The van der Waals surface area contributed by atoms with Gasteiger partial charge >= 0.3 is 0 Å². The van der Waals surface area contributed by atoms with E-state index in [2.05, 4.69) is 86.3 Å². The van der Waals surface area contributed by atoms with Crippen LogP contribution in [0.15, 0.2) is 48.7 Å². The van der Waals surface area contributed by atoms with Gasteiger partial charge in [-0.15, -0.1) is 0 Å². The van der Waals surface area contributed by atoms with Crippen molar-refractivity contribution in [2.75, 3.05) is 0 Å². The van der Waals surface area contributed by atoms with Crippen LogP contribution in [0, 0.1) is 13.8 Å². The van der Waals surface area contributed by atoms with Crippen LogP contribution >= 0.6 is 0 Å². The fourth-order valence-electron chi connectivity index (χ4n) is 3.74. The molecular weight excluding hydrogens is 280 g/mol. The standard InChI is InChI=1S/C21H22N2/c1-13-14(2)23-20-15(13)9-7-10-17(20)21(3,4)18-12-22-19-11-6-5-8-16(18)19/h5-12,22-23H,1-4H3. The van der Waals surface area contributed by atoms with Gasteiger partial charge in [0.05, 0.1) is 0 Å². The summed E-state index contributed by atoms with van der Waals surface area (Å²) in [6, 6.07) is 15.2. The highest BCUT2D eigenvalue weighted by atomic mass is 14.7. The van der Waals surface area contributed by atoms with Crippen LogP contribution in [-0.2, 0) is 5.41 Å². The number of aromatic amines is 2. The number of aryl methyl sites for hydroxylation is 2. The molecule has 23 heavy (non-hydrogen) atoms. The van der Waals surface area contributed by atoms with Crippen molar-refractivity contribution in [1.29, 1.82) is 0 Å². The van der Waals surface area contributed by atoms with E-state index in [1.165, 1.54) is 44.2 Å². The van der Waals surface area contributed by atoms with Crippen LogP contribution < -0.4 is 0 Å². The summed E-state index contributed by atoms with van der Waals surface area (Å²) in [5.74, 6) is 0. The van der Waals surface area contributed by atoms with Crippen LogP contribution in [0.25, 0.3) is 21.8 Å². The Morgan fingerprint density at radius 1 is 0.826 bits per heavy atom. The van der Waals surface area contributed by atoms with E-state index in [0.717, 1.165) is 0 Å². The molecule has 0 bridgehead atoms. The van der Waals surface area contributed by atoms with Crippen molar-refractivity contribution in [3.63, 3.8) is 0 Å². The van der Waals surface area contributed by atoms with Gasteiger partial charge in [0.2, 0.25) is 0 Å². The third-order valence-electron chi connectivity index (χ3n) is 5.28. The Morgan fingerprint density at radius 2 is 1.57 bits per heavy atom. The average Bonchev–Trinajstić information content (AvgIpc) is 3.10. The molecule has 0 atom stereocenters. The molecule has 2 nitrogen and oxygen atoms in total. The summed E-state index contributed by atoms with van der Waals surface area (Å²) in [5, 5.41) is 2.63. The molecule has 0 saturated heterocycles. The normalized spacial score (nSPS) is 12.3. The van der Waals surface area contributed by atoms with Gasteiger partial charge in [-0.2, -0.15) is 0 Å². The lowest BCUT2D eigenvalue weighted by Gasteiger charge is -2.26. The number of aromatic nitrogens is 2. The molecule has 0 saturated carbocycles. The minimum atomic E-state index is -0.0805. The molecule has 0 aliphatic carbocycles. The molecule has 0 aliphatic rings. The second kappa shape index (κ2) is 4.76. The summed E-state index contributed by atoms with van der Waals surface area (Å²) in [6.45, 7) is 8.96. The molecule has 0 amide bonds. The zero-order chi connectivity index (χ0) is 16.2. The maximum absolute atomic E-state index is 3.60. The fourth-order valence-corrected chi connectivity index (χ4v) is 3.74. The number of hydrogen-bond donors (Lipinski definition) is 2. The summed E-state index contributed by atoms with van der Waals surface area (Å²) in [6.07, 6.45) is 2.16. The molecule has 4 rings (SSSR count). The van der Waals surface area contributed by atoms with Crippen molar-refractivity contribution in [2.45, 2.75) is 33.1 Å². The minimum absolute atomic E-state index is 0.0805. The van der Waals surface area contributed by atoms with Crippen LogP contribution in [0.1, 0.15) is 36.2 Å². The van der Waals surface area contributed by atoms with Crippen LogP contribution in [0.2, 0.25) is 0 Å². The van der Waals surface area contributed by atoms with Gasteiger partial charge in [-0.1, -0.05) is 50.2 Å². The lowest BCUT2D eigenvalue weighted by molar-refractivity contribution is 0.652. The fraction of sp³-hybridized carbons (Fsp3) is 0.238. The Labute approximate surface area is 136 Å². The van der Waals surface area contributed by atoms with E-state index in [9.17, 15) is 0 Å². The third-order valence-corrected chi connectivity index (χ3v) is 5.28. The monoisotopic (exact) mass is 302 g/mol. The van der Waals surface area contributed by atoms with E-state index in [4.69, 9.17) is 0 Å². The molecule has 116 valence electrons. The van der Waals surface area contributed by atoms with E-state index in [0.29, 0.717) is 0 Å². The molecule has 2 heterocycles. The molecule has 0 spiro atoms. The van der Waals surface area contributed by atoms with Gasteiger partial charge in [-0.25, -0.2) is 0 Å². The summed E-state index contributed by atoms with van der Waals surface area (Å²) >= 11 is 0. The van der Waals surface area contributed by atoms with Crippen molar-refractivity contribution >= 4 is 21.8 Å². The van der Waals surface area contributed by atoms with Crippen LogP contribution in [0.5, 0.6) is 0 Å². The number of H-pyrrole nitrogens is 2. The van der Waals surface area contributed by atoms with Crippen molar-refractivity contribution in [3.05, 3.63) is 71.0 Å². The smallest absolute Gasteiger partial charge is 0.0500 e. The minimum Gasteiger partial charge on any atom is -0.361 e. The summed E-state index contributed by atoms with van der Waals surface area (Å²) in [5.41, 5.74) is 7.66. The predicted octanol–water partition coefficient (Wildman–Crippen LogP) is 5.59. The largest absolute Gasteiger partial charge is 0.361 e. The first kappa shape index (κ1) is 14.1. The first-order chi connectivity index (χ1) is 11.0. The summed E-state index contributed by atoms with van der Waals surface area (Å²) in [7, 11) is 0. The van der Waals surface area contributed by atoms with Crippen LogP contribution in [-0.4, -0.2) is 9.97 Å². The number of hydrogen-bond acceptors (Lipinski definition) is 0. The Hall–Kier alpha value is -2.48. The van der Waals surface area contributed by atoms with Gasteiger partial charge in [0.1, 0.15) is 0 Å². The third kappa shape index (κ3) is 1.94. The maximum Gasteiger partial charge on any atom is 0.0500 e. The summed E-state index contributed by atoms with van der Waals surface area (Å²) in [4.78, 5) is 7.02. The van der Waals surface area contributed by atoms with E-state index in [-0.39, 0.29) is 5.41 Å². The Balaban J connectivity index is 2.01. The number of nitrogens with one attached hydrogen (secondary N) is 2. The van der Waals surface area contributed by atoms with Crippen molar-refractivity contribution in [2.24, 2.45) is 0 Å². The average molecular weight is 302 g/mol. The first-order valence-corrected chi connectivity index (χ1v) is 8.15. The zero-order valence-corrected chi connectivity index (χ0v) is 14.1. The van der Waals surface area contributed by atoms with Crippen LogP contribution in [0.4, 0.5) is 0 Å². The van der Waals surface area contributed by atoms with E-state index < -0.39 is 0 Å². The second-order valence-corrected chi connectivity index (χ2v) is 6.98. The first-order valence-electron chi connectivity index (χ1n) is 8.15. The van der Waals surface area contributed by atoms with Gasteiger partial charge in [0.15, 0.2) is 0 Å². The molecule has 0 radical (unpaired) electrons. The second-order valence-electron chi connectivity index (χ2n) is 6.98. The molecular formula is C21H22N2. The molecule has 2 heteroatoms. The molecule has 0 fully saturated rings. The van der Waals surface area contributed by atoms with Gasteiger partial charge in [-0.05, 0) is 36.6 Å². The lowest BCUT2D eigenvalue weighted by Crippen LogP contribution is -2.19. The highest BCUT2D eigenvalue weighted by Crippen LogP contribution is 2.39. The van der Waals surface area contributed by atoms with E-state index >= 15 is 0 Å². The quantitative estimate of drug-likeness (QED) is 0.483. The number of para-hydroxylation sites is 2. The maximum atomic E-state index is 3.60. The van der Waals surface area contributed by atoms with Crippen molar-refractivity contribution in [3.8, 4) is 0 Å². The summed E-state index contributed by atoms with van der Waals surface area (Å²) < 4.78 is 0. The Morgan fingerprint density at radius 3 is 2.39 bits per heavy atom. The van der Waals surface area contributed by atoms with Crippen molar-refractivity contribution < 1.29 is 0 Å². The number of benzene rings is 2. The van der Waals surface area contributed by atoms with Crippen LogP contribution in [0.3, 0.4) is 0 Å². The Kier molecular flexibility index (Phi) is 2.92. The molecule has 2 aromatic carbocycles. The molecule has 2 N–H and O–H groups in total. The predicted molar refractivity (Wildman–Crippen MR) is 98.2 cm³/mol. The Bertz CT molecular complexity index is 1010. The zero-order valence-electron chi connectivity index (χ0n) is 14.1. The SMILES string of the molecule is Cc1[nH]c2c(C(C)(C)c3c[nH]c4ccccc34)cccc2c1C. The number of rotatable bonds is 2. The van der Waals surface area contributed by atoms with Gasteiger partial charge in [0.25, 0.3) is 0 Å². The molecule has 4 aromatic rings. The highest BCUT2D eigenvalue weighted by Gasteiger charge is 2.28. The lowest BCUT2D eigenvalue weighted by atomic mass is 9.77. The van der Waals surface area contributed by atoms with Gasteiger partial charge in [-0.3, -0.25) is 0 Å². The van der Waals surface area contributed by atoms with Gasteiger partial charge < -0.3 is 9.97 Å². The molecule has 2 aromatic heterocycles. The molecule has 0 unspecified atom stereocenters. The highest BCUT2D eigenvalue weighted by molar-refractivity contribution is 5.90. The van der Waals surface area contributed by atoms with Gasteiger partial charge in [0, 0.05) is 39.1 Å². The van der Waals surface area contributed by atoms with E-state index in [1.807, 2.05) is 0 Å². The number of fused-ring (bicyclic) bond motifs is 2.